The minimum Gasteiger partial charge on any atom is -0.379 e. The van der Waals surface area contributed by atoms with Crippen molar-refractivity contribution >= 4 is 17.8 Å². The Bertz CT molecular complexity index is 1010. The lowest BCUT2D eigenvalue weighted by molar-refractivity contribution is -0.00390. The molecule has 1 aromatic carbocycles. The molecule has 11 heteroatoms. The highest BCUT2D eigenvalue weighted by molar-refractivity contribution is 6.21. The second kappa shape index (κ2) is 15.6. The molecule has 3 heterocycles. The molecule has 1 fully saturated rings. The summed E-state index contributed by atoms with van der Waals surface area (Å²) in [6.07, 6.45) is 4.42. The van der Waals surface area contributed by atoms with Crippen molar-refractivity contribution in [2.45, 2.75) is 19.9 Å². The van der Waals surface area contributed by atoms with E-state index in [9.17, 15) is 9.59 Å². The lowest BCUT2D eigenvalue weighted by Crippen LogP contribution is -2.48. The van der Waals surface area contributed by atoms with Gasteiger partial charge in [0.2, 0.25) is 5.95 Å². The Morgan fingerprint density at radius 2 is 1.23 bits per heavy atom. The van der Waals surface area contributed by atoms with Crippen LogP contribution in [0.2, 0.25) is 0 Å². The highest BCUT2D eigenvalue weighted by Crippen LogP contribution is 2.24. The number of amides is 2. The number of anilines is 1. The van der Waals surface area contributed by atoms with E-state index in [-0.39, 0.29) is 18.4 Å². The molecule has 212 valence electrons. The molecule has 1 aromatic heterocycles. The number of benzene rings is 1. The van der Waals surface area contributed by atoms with Crippen molar-refractivity contribution in [3.63, 3.8) is 0 Å². The number of rotatable bonds is 17. The molecule has 0 aliphatic carbocycles. The van der Waals surface area contributed by atoms with Crippen molar-refractivity contribution in [2.75, 3.05) is 90.5 Å². The fourth-order valence-electron chi connectivity index (χ4n) is 4.43. The van der Waals surface area contributed by atoms with Crippen LogP contribution in [0.25, 0.3) is 0 Å². The first-order valence-electron chi connectivity index (χ1n) is 13.7. The molecule has 0 spiro atoms. The standard InChI is InChI=1S/C28H39N5O6/c1-2-12-36-14-16-38-18-19-39-17-15-37-13-11-31-7-9-32(10-8-31)28-29-20-23(21-30-28)22-33-26(34)24-5-3-4-6-25(24)27(33)35/h3-6,20-21H,2,7-19,22H2,1H3. The van der Waals surface area contributed by atoms with Crippen molar-refractivity contribution in [1.29, 1.82) is 0 Å². The van der Waals surface area contributed by atoms with E-state index in [0.29, 0.717) is 63.3 Å². The number of hydrogen-bond donors (Lipinski definition) is 0. The molecule has 39 heavy (non-hydrogen) atoms. The number of ether oxygens (including phenoxy) is 4. The van der Waals surface area contributed by atoms with E-state index in [0.717, 1.165) is 51.3 Å². The zero-order valence-corrected chi connectivity index (χ0v) is 22.8. The molecule has 4 rings (SSSR count). The third-order valence-electron chi connectivity index (χ3n) is 6.58. The number of aromatic nitrogens is 2. The maximum absolute atomic E-state index is 12.6. The molecule has 0 unspecified atom stereocenters. The summed E-state index contributed by atoms with van der Waals surface area (Å²) >= 11 is 0. The molecule has 2 aliphatic rings. The average molecular weight is 542 g/mol. The summed E-state index contributed by atoms with van der Waals surface area (Å²) in [6.45, 7) is 11.5. The first-order valence-corrected chi connectivity index (χ1v) is 13.7. The molecule has 2 aliphatic heterocycles. The lowest BCUT2D eigenvalue weighted by atomic mass is 10.1. The summed E-state index contributed by atoms with van der Waals surface area (Å²) in [4.78, 5) is 39.9. The average Bonchev–Trinajstić information content (AvgIpc) is 3.21. The highest BCUT2D eigenvalue weighted by Gasteiger charge is 2.35. The van der Waals surface area contributed by atoms with Gasteiger partial charge in [0.25, 0.3) is 11.8 Å². The van der Waals surface area contributed by atoms with E-state index < -0.39 is 0 Å². The summed E-state index contributed by atoms with van der Waals surface area (Å²) in [7, 11) is 0. The molecule has 1 saturated heterocycles. The predicted octanol–water partition coefficient (Wildman–Crippen LogP) is 1.87. The summed E-state index contributed by atoms with van der Waals surface area (Å²) in [5, 5.41) is 0. The van der Waals surface area contributed by atoms with Crippen molar-refractivity contribution in [2.24, 2.45) is 0 Å². The van der Waals surface area contributed by atoms with Gasteiger partial charge in [0, 0.05) is 57.3 Å². The summed E-state index contributed by atoms with van der Waals surface area (Å²) in [6, 6.07) is 6.89. The highest BCUT2D eigenvalue weighted by atomic mass is 16.6. The van der Waals surface area contributed by atoms with E-state index >= 15 is 0 Å². The molecule has 2 amide bonds. The van der Waals surface area contributed by atoms with E-state index in [4.69, 9.17) is 18.9 Å². The van der Waals surface area contributed by atoms with Crippen LogP contribution in [0.15, 0.2) is 36.7 Å². The van der Waals surface area contributed by atoms with Gasteiger partial charge in [0.1, 0.15) is 0 Å². The molecule has 0 radical (unpaired) electrons. The first-order chi connectivity index (χ1) is 19.2. The number of carbonyl (C=O) groups is 2. The van der Waals surface area contributed by atoms with Crippen molar-refractivity contribution < 1.29 is 28.5 Å². The Morgan fingerprint density at radius 3 is 1.77 bits per heavy atom. The van der Waals surface area contributed by atoms with Gasteiger partial charge in [-0.05, 0) is 18.6 Å². The van der Waals surface area contributed by atoms with Crippen LogP contribution in [0.1, 0.15) is 39.6 Å². The molecule has 0 bridgehead atoms. The zero-order valence-electron chi connectivity index (χ0n) is 22.8. The lowest BCUT2D eigenvalue weighted by Gasteiger charge is -2.34. The van der Waals surface area contributed by atoms with Crippen LogP contribution in [0.4, 0.5) is 5.95 Å². The molecule has 0 saturated carbocycles. The van der Waals surface area contributed by atoms with Gasteiger partial charge in [0.15, 0.2) is 0 Å². The number of piperazine rings is 1. The molecular weight excluding hydrogens is 502 g/mol. The van der Waals surface area contributed by atoms with Gasteiger partial charge < -0.3 is 23.8 Å². The van der Waals surface area contributed by atoms with Crippen LogP contribution in [-0.4, -0.2) is 117 Å². The van der Waals surface area contributed by atoms with E-state index in [1.165, 1.54) is 4.90 Å². The van der Waals surface area contributed by atoms with E-state index in [1.54, 1.807) is 36.7 Å². The third-order valence-corrected chi connectivity index (χ3v) is 6.58. The molecule has 0 N–H and O–H groups in total. The molecule has 2 aromatic rings. The number of nitrogens with zero attached hydrogens (tertiary/aromatic N) is 5. The minimum atomic E-state index is -0.277. The summed E-state index contributed by atoms with van der Waals surface area (Å²) in [5.74, 6) is 0.106. The SMILES string of the molecule is CCCOCCOCCOCCOCCN1CCN(c2ncc(CN3C(=O)c4ccccc4C3=O)cn2)CC1. The topological polar surface area (TPSA) is 107 Å². The van der Waals surface area contributed by atoms with E-state index in [2.05, 4.69) is 26.7 Å². The Kier molecular flexibility index (Phi) is 11.6. The zero-order chi connectivity index (χ0) is 27.3. The van der Waals surface area contributed by atoms with Gasteiger partial charge in [-0.2, -0.15) is 0 Å². The van der Waals surface area contributed by atoms with Crippen LogP contribution in [0.5, 0.6) is 0 Å². The quantitative estimate of drug-likeness (QED) is 0.218. The van der Waals surface area contributed by atoms with Crippen molar-refractivity contribution in [1.82, 2.24) is 19.8 Å². The van der Waals surface area contributed by atoms with E-state index in [1.807, 2.05) is 0 Å². The summed E-state index contributed by atoms with van der Waals surface area (Å²) in [5.41, 5.74) is 1.61. The molecule has 0 atom stereocenters. The monoisotopic (exact) mass is 541 g/mol. The number of hydrogen-bond acceptors (Lipinski definition) is 10. The smallest absolute Gasteiger partial charge is 0.261 e. The Balaban J connectivity index is 1.06. The van der Waals surface area contributed by atoms with Crippen molar-refractivity contribution in [3.05, 3.63) is 53.3 Å². The fourth-order valence-corrected chi connectivity index (χ4v) is 4.43. The Labute approximate surface area is 230 Å². The number of fused-ring (bicyclic) bond motifs is 1. The van der Waals surface area contributed by atoms with Gasteiger partial charge in [-0.3, -0.25) is 19.4 Å². The minimum absolute atomic E-state index is 0.160. The van der Waals surface area contributed by atoms with Gasteiger partial charge in [-0.1, -0.05) is 19.1 Å². The van der Waals surface area contributed by atoms with Gasteiger partial charge in [-0.25, -0.2) is 9.97 Å². The van der Waals surface area contributed by atoms with Crippen LogP contribution < -0.4 is 4.90 Å². The van der Waals surface area contributed by atoms with Crippen LogP contribution >= 0.6 is 0 Å². The van der Waals surface area contributed by atoms with Gasteiger partial charge >= 0.3 is 0 Å². The predicted molar refractivity (Wildman–Crippen MR) is 145 cm³/mol. The van der Waals surface area contributed by atoms with Gasteiger partial charge in [-0.15, -0.1) is 0 Å². The Hall–Kier alpha value is -2.96. The number of imide groups is 1. The second-order valence-corrected chi connectivity index (χ2v) is 9.41. The first kappa shape index (κ1) is 29.0. The van der Waals surface area contributed by atoms with Crippen LogP contribution in [-0.2, 0) is 25.5 Å². The second-order valence-electron chi connectivity index (χ2n) is 9.41. The van der Waals surface area contributed by atoms with Crippen LogP contribution in [0, 0.1) is 0 Å². The van der Waals surface area contributed by atoms with Crippen molar-refractivity contribution in [3.8, 4) is 0 Å². The summed E-state index contributed by atoms with van der Waals surface area (Å²) < 4.78 is 22.0. The number of carbonyl (C=O) groups excluding carboxylic acids is 2. The third kappa shape index (κ3) is 8.51. The van der Waals surface area contributed by atoms with Crippen LogP contribution in [0.3, 0.4) is 0 Å². The molecule has 11 nitrogen and oxygen atoms in total. The fraction of sp³-hybridized carbons (Fsp3) is 0.571. The largest absolute Gasteiger partial charge is 0.379 e. The maximum atomic E-state index is 12.6. The normalized spacial score (nSPS) is 15.8. The Morgan fingerprint density at radius 1 is 0.718 bits per heavy atom. The van der Waals surface area contributed by atoms with Gasteiger partial charge in [0.05, 0.1) is 63.9 Å². The maximum Gasteiger partial charge on any atom is 0.261 e. The molecular formula is C28H39N5O6.